The van der Waals surface area contributed by atoms with Crippen molar-refractivity contribution in [2.75, 3.05) is 43.3 Å². The molecule has 0 unspecified atom stereocenters. The number of thioether (sulfide) groups is 1. The van der Waals surface area contributed by atoms with Gasteiger partial charge in [0.15, 0.2) is 17.4 Å². The second-order valence-corrected chi connectivity index (χ2v) is 9.99. The number of aromatic amines is 1. The highest BCUT2D eigenvalue weighted by atomic mass is 32.2. The molecular weight excluding hydrogens is 412 g/mol. The van der Waals surface area contributed by atoms with Crippen molar-refractivity contribution < 1.29 is 9.47 Å². The summed E-state index contributed by atoms with van der Waals surface area (Å²) >= 11 is 1.75. The Morgan fingerprint density at radius 3 is 2.87 bits per heavy atom. The third kappa shape index (κ3) is 3.22. The summed E-state index contributed by atoms with van der Waals surface area (Å²) in [6.45, 7) is 8.44. The Morgan fingerprint density at radius 1 is 1.26 bits per heavy atom. The van der Waals surface area contributed by atoms with Gasteiger partial charge in [-0.1, -0.05) is 0 Å². The van der Waals surface area contributed by atoms with Crippen LogP contribution in [0.25, 0.3) is 22.4 Å². The highest BCUT2D eigenvalue weighted by Gasteiger charge is 2.40. The van der Waals surface area contributed by atoms with Crippen LogP contribution in [0.1, 0.15) is 26.5 Å². The van der Waals surface area contributed by atoms with Crippen molar-refractivity contribution in [3.63, 3.8) is 0 Å². The van der Waals surface area contributed by atoms with Crippen LogP contribution in [0.4, 0.5) is 11.5 Å². The number of pyridine rings is 1. The lowest BCUT2D eigenvalue weighted by atomic mass is 10.0. The van der Waals surface area contributed by atoms with Gasteiger partial charge in [-0.3, -0.25) is 0 Å². The molecule has 2 N–H and O–H groups in total. The van der Waals surface area contributed by atoms with Crippen molar-refractivity contribution in [2.24, 2.45) is 0 Å². The number of fused-ring (bicyclic) bond motifs is 4. The minimum Gasteiger partial charge on any atom is -0.486 e. The Hall–Kier alpha value is -2.52. The quantitative estimate of drug-likeness (QED) is 0.636. The number of nitrogens with one attached hydrogen (secondary N) is 2. The molecule has 9 heteroatoms. The van der Waals surface area contributed by atoms with Gasteiger partial charge in [-0.2, -0.15) is 11.8 Å². The second-order valence-electron chi connectivity index (χ2n) is 8.56. The predicted molar refractivity (Wildman–Crippen MR) is 125 cm³/mol. The molecule has 0 aliphatic carbocycles. The van der Waals surface area contributed by atoms with Gasteiger partial charge in [0.2, 0.25) is 0 Å². The SMILES string of the molecule is CNc1cnc2[nH]ccc2c1-c1nc2c(c(C(C)(C)SC)n1)OC[C@@H]1COC[C@@H](C)N21. The minimum atomic E-state index is -0.242. The van der Waals surface area contributed by atoms with Crippen LogP contribution in [0.2, 0.25) is 0 Å². The van der Waals surface area contributed by atoms with Crippen molar-refractivity contribution in [3.8, 4) is 17.1 Å². The van der Waals surface area contributed by atoms with Gasteiger partial charge in [-0.05, 0) is 33.1 Å². The molecule has 0 spiro atoms. The first-order valence-electron chi connectivity index (χ1n) is 10.6. The van der Waals surface area contributed by atoms with Gasteiger partial charge >= 0.3 is 0 Å². The zero-order valence-corrected chi connectivity index (χ0v) is 19.3. The summed E-state index contributed by atoms with van der Waals surface area (Å²) in [5.74, 6) is 2.32. The number of aromatic nitrogens is 4. The van der Waals surface area contributed by atoms with E-state index in [1.165, 1.54) is 0 Å². The van der Waals surface area contributed by atoms with Gasteiger partial charge in [0.05, 0.1) is 47.5 Å². The molecule has 0 bridgehead atoms. The lowest BCUT2D eigenvalue weighted by molar-refractivity contribution is 0.0482. The number of anilines is 2. The van der Waals surface area contributed by atoms with Crippen LogP contribution < -0.4 is 15.0 Å². The highest BCUT2D eigenvalue weighted by molar-refractivity contribution is 7.99. The standard InChI is InChI=1S/C22H28N6O2S/c1-12-9-29-10-13-11-30-17-18(22(2,3)31-5)26-20(27-21(17)28(12)13)16-14-6-7-24-19(14)25-8-15(16)23-4/h6-8,12-13,23H,9-11H2,1-5H3,(H,24,25)/t12-,13+/m1/s1. The van der Waals surface area contributed by atoms with Crippen molar-refractivity contribution in [2.45, 2.75) is 37.6 Å². The molecule has 2 aliphatic rings. The Kier molecular flexibility index (Phi) is 4.97. The van der Waals surface area contributed by atoms with Gasteiger partial charge in [0.1, 0.15) is 17.9 Å². The molecule has 5 rings (SSSR count). The molecule has 2 atom stereocenters. The molecular formula is C22H28N6O2S. The van der Waals surface area contributed by atoms with Gasteiger partial charge in [-0.25, -0.2) is 15.0 Å². The molecule has 0 saturated carbocycles. The van der Waals surface area contributed by atoms with Crippen LogP contribution >= 0.6 is 11.8 Å². The van der Waals surface area contributed by atoms with Crippen LogP contribution in [0.3, 0.4) is 0 Å². The van der Waals surface area contributed by atoms with E-state index in [4.69, 9.17) is 19.4 Å². The van der Waals surface area contributed by atoms with E-state index in [1.807, 2.05) is 25.5 Å². The van der Waals surface area contributed by atoms with Crippen molar-refractivity contribution in [1.29, 1.82) is 0 Å². The van der Waals surface area contributed by atoms with Gasteiger partial charge in [0.25, 0.3) is 0 Å². The van der Waals surface area contributed by atoms with E-state index in [0.29, 0.717) is 25.6 Å². The van der Waals surface area contributed by atoms with Crippen molar-refractivity contribution in [3.05, 3.63) is 24.2 Å². The largest absolute Gasteiger partial charge is 0.486 e. The molecule has 0 radical (unpaired) electrons. The lowest BCUT2D eigenvalue weighted by Gasteiger charge is -2.45. The Balaban J connectivity index is 1.80. The molecule has 0 aromatic carbocycles. The normalized spacial score (nSPS) is 20.9. The summed E-state index contributed by atoms with van der Waals surface area (Å²) in [6, 6.07) is 2.39. The van der Waals surface area contributed by atoms with E-state index < -0.39 is 0 Å². The Labute approximate surface area is 186 Å². The topological polar surface area (TPSA) is 88.2 Å². The van der Waals surface area contributed by atoms with Crippen LogP contribution in [0.5, 0.6) is 5.75 Å². The molecule has 1 saturated heterocycles. The molecule has 0 amide bonds. The summed E-state index contributed by atoms with van der Waals surface area (Å²) in [6.07, 6.45) is 5.83. The predicted octanol–water partition coefficient (Wildman–Crippen LogP) is 3.65. The van der Waals surface area contributed by atoms with Gasteiger partial charge in [-0.15, -0.1) is 0 Å². The van der Waals surface area contributed by atoms with Crippen LogP contribution in [0.15, 0.2) is 18.5 Å². The summed E-state index contributed by atoms with van der Waals surface area (Å²) < 4.78 is 11.8. The maximum Gasteiger partial charge on any atom is 0.184 e. The number of morpholine rings is 1. The molecule has 3 aromatic heterocycles. The van der Waals surface area contributed by atoms with E-state index >= 15 is 0 Å². The molecule has 31 heavy (non-hydrogen) atoms. The smallest absolute Gasteiger partial charge is 0.184 e. The maximum absolute atomic E-state index is 6.29. The second kappa shape index (κ2) is 7.56. The number of ether oxygens (including phenoxy) is 2. The molecule has 5 heterocycles. The molecule has 1 fully saturated rings. The molecule has 3 aromatic rings. The van der Waals surface area contributed by atoms with E-state index in [-0.39, 0.29) is 16.8 Å². The first kappa shape index (κ1) is 20.4. The average Bonchev–Trinajstić information content (AvgIpc) is 3.26. The number of hydrogen-bond acceptors (Lipinski definition) is 8. The summed E-state index contributed by atoms with van der Waals surface area (Å²) in [5.41, 5.74) is 3.57. The summed E-state index contributed by atoms with van der Waals surface area (Å²) in [7, 11) is 1.90. The number of rotatable bonds is 4. The van der Waals surface area contributed by atoms with Crippen molar-refractivity contribution >= 4 is 34.3 Å². The van der Waals surface area contributed by atoms with Gasteiger partial charge in [0, 0.05) is 18.6 Å². The highest BCUT2D eigenvalue weighted by Crippen LogP contribution is 2.47. The van der Waals surface area contributed by atoms with Crippen molar-refractivity contribution in [1.82, 2.24) is 19.9 Å². The third-order valence-electron chi connectivity index (χ3n) is 6.21. The summed E-state index contributed by atoms with van der Waals surface area (Å²) in [4.78, 5) is 20.3. The average molecular weight is 441 g/mol. The molecule has 8 nitrogen and oxygen atoms in total. The Bertz CT molecular complexity index is 1130. The van der Waals surface area contributed by atoms with E-state index in [0.717, 1.165) is 39.5 Å². The minimum absolute atomic E-state index is 0.151. The first-order chi connectivity index (χ1) is 14.9. The van der Waals surface area contributed by atoms with E-state index in [2.05, 4.69) is 47.2 Å². The Morgan fingerprint density at radius 2 is 2.10 bits per heavy atom. The van der Waals surface area contributed by atoms with Gasteiger partial charge < -0.3 is 24.7 Å². The fourth-order valence-corrected chi connectivity index (χ4v) is 4.72. The third-order valence-corrected chi connectivity index (χ3v) is 7.42. The first-order valence-corrected chi connectivity index (χ1v) is 11.8. The molecule has 164 valence electrons. The number of hydrogen-bond donors (Lipinski definition) is 2. The molecule has 2 aliphatic heterocycles. The maximum atomic E-state index is 6.29. The fourth-order valence-electron chi connectivity index (χ4n) is 4.39. The zero-order valence-electron chi connectivity index (χ0n) is 18.5. The van der Waals surface area contributed by atoms with Crippen LogP contribution in [-0.4, -0.2) is 65.1 Å². The fraction of sp³-hybridized carbons (Fsp3) is 0.500. The summed E-state index contributed by atoms with van der Waals surface area (Å²) in [5, 5.41) is 4.26. The van der Waals surface area contributed by atoms with E-state index in [9.17, 15) is 0 Å². The number of nitrogens with zero attached hydrogens (tertiary/aromatic N) is 4. The van der Waals surface area contributed by atoms with E-state index in [1.54, 1.807) is 11.8 Å². The monoisotopic (exact) mass is 440 g/mol. The van der Waals surface area contributed by atoms with Crippen LogP contribution in [0, 0.1) is 0 Å². The zero-order chi connectivity index (χ0) is 21.8. The van der Waals surface area contributed by atoms with Crippen LogP contribution in [-0.2, 0) is 9.48 Å². The number of H-pyrrole nitrogens is 1. The lowest BCUT2D eigenvalue weighted by Crippen LogP contribution is -2.56.